The molecule has 9 nitrogen and oxygen atoms in total. The minimum Gasteiger partial charge on any atom is -0.490 e. The third-order valence-electron chi connectivity index (χ3n) is 4.30. The van der Waals surface area contributed by atoms with Crippen molar-refractivity contribution in [3.8, 4) is 5.75 Å². The van der Waals surface area contributed by atoms with Crippen LogP contribution in [0.2, 0.25) is 0 Å². The molecule has 0 saturated carbocycles. The molecule has 0 aromatic carbocycles. The number of hydrogen-bond acceptors (Lipinski definition) is 7. The number of Topliss-reactive ketones (excluding diaryl/α,β-unsaturated/α-hetero) is 1. The van der Waals surface area contributed by atoms with Crippen molar-refractivity contribution in [2.24, 2.45) is 7.05 Å². The Bertz CT molecular complexity index is 947. The lowest BCUT2D eigenvalue weighted by Gasteiger charge is -2.22. The largest absolute Gasteiger partial charge is 0.490 e. The summed E-state index contributed by atoms with van der Waals surface area (Å²) in [5.41, 5.74) is 0.734. The number of ketones is 1. The first-order valence-corrected chi connectivity index (χ1v) is 8.38. The summed E-state index contributed by atoms with van der Waals surface area (Å²) in [5.74, 6) is 0.794. The van der Waals surface area contributed by atoms with E-state index in [-0.39, 0.29) is 18.8 Å². The Morgan fingerprint density at radius 2 is 2.19 bits per heavy atom. The van der Waals surface area contributed by atoms with Crippen molar-refractivity contribution in [1.29, 1.82) is 0 Å². The molecule has 0 bridgehead atoms. The summed E-state index contributed by atoms with van der Waals surface area (Å²) >= 11 is 0. The van der Waals surface area contributed by atoms with Gasteiger partial charge in [-0.25, -0.2) is 4.98 Å². The molecule has 3 aromatic rings. The minimum atomic E-state index is -0.931. The van der Waals surface area contributed by atoms with Crippen LogP contribution in [0, 0.1) is 6.92 Å². The van der Waals surface area contributed by atoms with Crippen molar-refractivity contribution >= 4 is 11.4 Å². The monoisotopic (exact) mass is 358 g/mol. The van der Waals surface area contributed by atoms with Crippen molar-refractivity contribution < 1.29 is 14.6 Å². The zero-order chi connectivity index (χ0) is 18.9. The van der Waals surface area contributed by atoms with E-state index in [0.29, 0.717) is 35.2 Å². The van der Waals surface area contributed by atoms with Gasteiger partial charge in [0.05, 0.1) is 31.4 Å². The van der Waals surface area contributed by atoms with Gasteiger partial charge in [-0.1, -0.05) is 0 Å². The van der Waals surface area contributed by atoms with E-state index in [1.807, 2.05) is 19.1 Å². The molecule has 0 amide bonds. The highest BCUT2D eigenvalue weighted by molar-refractivity contribution is 5.97. The summed E-state index contributed by atoms with van der Waals surface area (Å²) in [6.07, 6.45) is 1.81. The number of aliphatic hydroxyl groups excluding tert-OH is 1. The zero-order valence-electron chi connectivity index (χ0n) is 15.3. The van der Waals surface area contributed by atoms with Gasteiger partial charge in [-0.15, -0.1) is 10.2 Å². The molecule has 0 saturated heterocycles. The quantitative estimate of drug-likeness (QED) is 0.630. The molecule has 138 valence electrons. The van der Waals surface area contributed by atoms with Crippen molar-refractivity contribution in [1.82, 2.24) is 29.6 Å². The van der Waals surface area contributed by atoms with Gasteiger partial charge in [-0.3, -0.25) is 9.20 Å². The first-order chi connectivity index (χ1) is 12.4. The molecule has 1 unspecified atom stereocenters. The van der Waals surface area contributed by atoms with E-state index < -0.39 is 5.41 Å². The second-order valence-electron chi connectivity index (χ2n) is 6.47. The van der Waals surface area contributed by atoms with Crippen LogP contribution in [0.5, 0.6) is 5.75 Å². The second-order valence-corrected chi connectivity index (χ2v) is 6.47. The summed E-state index contributed by atoms with van der Waals surface area (Å²) in [6.45, 7) is 5.66. The Hall–Kier alpha value is -2.81. The van der Waals surface area contributed by atoms with Gasteiger partial charge in [0.15, 0.2) is 23.0 Å². The van der Waals surface area contributed by atoms with Crippen LogP contribution in [-0.4, -0.2) is 53.7 Å². The van der Waals surface area contributed by atoms with Crippen LogP contribution in [0.4, 0.5) is 0 Å². The molecule has 1 N–H and O–H groups in total. The highest BCUT2D eigenvalue weighted by Crippen LogP contribution is 2.28. The standard InChI is InChI=1S/C17H22N6O3/c1-5-26-13-7-6-8-23-14(11(2)18-15(13)23)12(25)9-17(3,10-24)16-19-21-22(4)20-16/h6-8,24H,5,9-10H2,1-4H3. The maximum Gasteiger partial charge on any atom is 0.183 e. The van der Waals surface area contributed by atoms with E-state index in [1.165, 1.54) is 4.80 Å². The predicted molar refractivity (Wildman–Crippen MR) is 93.3 cm³/mol. The van der Waals surface area contributed by atoms with E-state index >= 15 is 0 Å². The maximum absolute atomic E-state index is 13.1. The number of ether oxygens (including phenoxy) is 1. The van der Waals surface area contributed by atoms with Crippen molar-refractivity contribution in [2.45, 2.75) is 32.6 Å². The molecular weight excluding hydrogens is 336 g/mol. The van der Waals surface area contributed by atoms with E-state index in [9.17, 15) is 9.90 Å². The van der Waals surface area contributed by atoms with Gasteiger partial charge in [-0.2, -0.15) is 4.80 Å². The third kappa shape index (κ3) is 3.05. The van der Waals surface area contributed by atoms with Crippen molar-refractivity contribution in [2.75, 3.05) is 13.2 Å². The van der Waals surface area contributed by atoms with E-state index in [4.69, 9.17) is 4.74 Å². The van der Waals surface area contributed by atoms with Crippen LogP contribution in [0.1, 0.15) is 42.3 Å². The van der Waals surface area contributed by atoms with E-state index in [0.717, 1.165) is 0 Å². The van der Waals surface area contributed by atoms with Crippen LogP contribution in [0.25, 0.3) is 5.65 Å². The average Bonchev–Trinajstić information content (AvgIpc) is 3.18. The van der Waals surface area contributed by atoms with Gasteiger partial charge in [0.1, 0.15) is 5.69 Å². The topological polar surface area (TPSA) is 107 Å². The number of aliphatic hydroxyl groups is 1. The fourth-order valence-electron chi connectivity index (χ4n) is 2.93. The molecule has 3 heterocycles. The number of carbonyl (C=O) groups excluding carboxylic acids is 1. The summed E-state index contributed by atoms with van der Waals surface area (Å²) in [6, 6.07) is 3.63. The van der Waals surface area contributed by atoms with Crippen LogP contribution in [0.3, 0.4) is 0 Å². The lowest BCUT2D eigenvalue weighted by Crippen LogP contribution is -2.32. The first-order valence-electron chi connectivity index (χ1n) is 8.38. The van der Waals surface area contributed by atoms with Crippen LogP contribution in [0.15, 0.2) is 18.3 Å². The molecule has 1 atom stereocenters. The number of tetrazole rings is 1. The summed E-state index contributed by atoms with van der Waals surface area (Å²) in [5, 5.41) is 21.8. The van der Waals surface area contributed by atoms with Crippen LogP contribution in [-0.2, 0) is 12.5 Å². The fraction of sp³-hybridized carbons (Fsp3) is 0.471. The number of pyridine rings is 1. The Balaban J connectivity index is 1.99. The molecular formula is C17H22N6O3. The lowest BCUT2D eigenvalue weighted by atomic mass is 9.84. The Kier molecular flexibility index (Phi) is 4.73. The molecule has 0 aliphatic carbocycles. The number of rotatable bonds is 7. The average molecular weight is 358 g/mol. The number of aryl methyl sites for hydroxylation is 2. The van der Waals surface area contributed by atoms with Gasteiger partial charge in [0.25, 0.3) is 0 Å². The van der Waals surface area contributed by atoms with Gasteiger partial charge < -0.3 is 9.84 Å². The van der Waals surface area contributed by atoms with Crippen LogP contribution >= 0.6 is 0 Å². The van der Waals surface area contributed by atoms with Gasteiger partial charge in [0, 0.05) is 12.6 Å². The highest BCUT2D eigenvalue weighted by atomic mass is 16.5. The van der Waals surface area contributed by atoms with E-state index in [2.05, 4.69) is 20.4 Å². The zero-order valence-corrected chi connectivity index (χ0v) is 15.3. The summed E-state index contributed by atoms with van der Waals surface area (Å²) in [4.78, 5) is 18.9. The van der Waals surface area contributed by atoms with Gasteiger partial charge in [0.2, 0.25) is 0 Å². The van der Waals surface area contributed by atoms with Crippen molar-refractivity contribution in [3.63, 3.8) is 0 Å². The molecule has 26 heavy (non-hydrogen) atoms. The molecule has 0 aliphatic rings. The molecule has 3 rings (SSSR count). The Morgan fingerprint density at radius 1 is 1.42 bits per heavy atom. The number of aromatic nitrogens is 6. The molecule has 0 aliphatic heterocycles. The molecule has 0 radical (unpaired) electrons. The fourth-order valence-corrected chi connectivity index (χ4v) is 2.93. The normalized spacial score (nSPS) is 13.7. The Morgan fingerprint density at radius 3 is 2.81 bits per heavy atom. The lowest BCUT2D eigenvalue weighted by molar-refractivity contribution is 0.0906. The minimum absolute atomic E-state index is 0.0304. The summed E-state index contributed by atoms with van der Waals surface area (Å²) in [7, 11) is 1.64. The number of hydrogen-bond donors (Lipinski definition) is 1. The highest BCUT2D eigenvalue weighted by Gasteiger charge is 2.35. The number of imidazole rings is 1. The predicted octanol–water partition coefficient (Wildman–Crippen LogP) is 1.09. The van der Waals surface area contributed by atoms with Gasteiger partial charge >= 0.3 is 0 Å². The number of nitrogens with zero attached hydrogens (tertiary/aromatic N) is 6. The molecule has 0 spiro atoms. The smallest absolute Gasteiger partial charge is 0.183 e. The second kappa shape index (κ2) is 6.83. The van der Waals surface area contributed by atoms with Crippen molar-refractivity contribution in [3.05, 3.63) is 35.5 Å². The van der Waals surface area contributed by atoms with Crippen LogP contribution < -0.4 is 4.74 Å². The van der Waals surface area contributed by atoms with E-state index in [1.54, 1.807) is 31.5 Å². The number of carbonyl (C=O) groups is 1. The van der Waals surface area contributed by atoms with Gasteiger partial charge in [-0.05, 0) is 38.1 Å². The maximum atomic E-state index is 13.1. The third-order valence-corrected chi connectivity index (χ3v) is 4.30. The first kappa shape index (κ1) is 18.0. The SMILES string of the molecule is CCOc1cccn2c(C(=O)CC(C)(CO)c3nnn(C)n3)c(C)nc12. The molecule has 0 fully saturated rings. The summed E-state index contributed by atoms with van der Waals surface area (Å²) < 4.78 is 7.32. The molecule has 9 heteroatoms. The Labute approximate surface area is 150 Å². The number of fused-ring (bicyclic) bond motifs is 1. The molecule has 3 aromatic heterocycles.